The number of urea groups is 1. The highest BCUT2D eigenvalue weighted by atomic mass is 35.5. The molecule has 0 saturated carbocycles. The summed E-state index contributed by atoms with van der Waals surface area (Å²) < 4.78 is 1.71. The molecular weight excluding hydrogens is 277 g/mol. The van der Waals surface area contributed by atoms with E-state index >= 15 is 0 Å². The van der Waals surface area contributed by atoms with Gasteiger partial charge in [0.05, 0.1) is 11.6 Å². The van der Waals surface area contributed by atoms with Gasteiger partial charge in [0.15, 0.2) is 0 Å². The minimum absolute atomic E-state index is 0.0461. The van der Waals surface area contributed by atoms with Crippen molar-refractivity contribution in [2.45, 2.75) is 25.9 Å². The molecule has 102 valence electrons. The minimum atomic E-state index is -0.288. The van der Waals surface area contributed by atoms with Crippen molar-refractivity contribution in [1.29, 1.82) is 0 Å². The van der Waals surface area contributed by atoms with Crippen LogP contribution in [0.2, 0.25) is 10.2 Å². The second-order valence-electron chi connectivity index (χ2n) is 4.07. The second-order valence-corrected chi connectivity index (χ2v) is 4.84. The molecule has 0 bridgehead atoms. The second kappa shape index (κ2) is 6.87. The summed E-state index contributed by atoms with van der Waals surface area (Å²) in [5.41, 5.74) is 0.815. The maximum absolute atomic E-state index is 11.5. The van der Waals surface area contributed by atoms with Crippen LogP contribution in [0.4, 0.5) is 4.79 Å². The van der Waals surface area contributed by atoms with Crippen LogP contribution in [0.1, 0.15) is 19.0 Å². The molecule has 0 radical (unpaired) electrons. The molecule has 2 amide bonds. The Bertz CT molecular complexity index is 421. The number of halogens is 2. The van der Waals surface area contributed by atoms with Gasteiger partial charge in [-0.1, -0.05) is 23.2 Å². The standard InChI is InChI=1S/C11H17Cl2N3O2/c1-7(3-4-17)15-11(18)14-6-8-5-9(12)10(13)16(8)2/h5,7,17H,3-4,6H2,1-2H3,(H2,14,15,18)/t7-/m1/s1. The third-order valence-electron chi connectivity index (χ3n) is 2.59. The summed E-state index contributed by atoms with van der Waals surface area (Å²) in [6.45, 7) is 2.21. The normalized spacial score (nSPS) is 12.3. The van der Waals surface area contributed by atoms with Crippen LogP contribution in [0.25, 0.3) is 0 Å². The van der Waals surface area contributed by atoms with E-state index in [0.717, 1.165) is 5.69 Å². The first-order valence-electron chi connectivity index (χ1n) is 5.60. The van der Waals surface area contributed by atoms with Gasteiger partial charge in [-0.3, -0.25) is 0 Å². The van der Waals surface area contributed by atoms with E-state index in [1.807, 2.05) is 6.92 Å². The number of rotatable bonds is 5. The van der Waals surface area contributed by atoms with Crippen LogP contribution >= 0.6 is 23.2 Å². The number of aliphatic hydroxyl groups is 1. The zero-order valence-electron chi connectivity index (χ0n) is 10.3. The Balaban J connectivity index is 2.45. The van der Waals surface area contributed by atoms with Crippen LogP contribution in [0.15, 0.2) is 6.07 Å². The van der Waals surface area contributed by atoms with Crippen LogP contribution in [0, 0.1) is 0 Å². The molecule has 0 aliphatic rings. The van der Waals surface area contributed by atoms with Crippen LogP contribution in [-0.4, -0.2) is 28.4 Å². The first-order chi connectivity index (χ1) is 8.45. The summed E-state index contributed by atoms with van der Waals surface area (Å²) in [6, 6.07) is 1.35. The number of aromatic nitrogens is 1. The Kier molecular flexibility index (Phi) is 5.78. The summed E-state index contributed by atoms with van der Waals surface area (Å²) in [4.78, 5) is 11.5. The fraction of sp³-hybridized carbons (Fsp3) is 0.545. The fourth-order valence-corrected chi connectivity index (χ4v) is 1.89. The van der Waals surface area contributed by atoms with Gasteiger partial charge in [-0.05, 0) is 19.4 Å². The smallest absolute Gasteiger partial charge is 0.315 e. The van der Waals surface area contributed by atoms with Crippen LogP contribution in [0.5, 0.6) is 0 Å². The number of nitrogens with one attached hydrogen (secondary N) is 2. The highest BCUT2D eigenvalue weighted by Crippen LogP contribution is 2.24. The van der Waals surface area contributed by atoms with Gasteiger partial charge in [0, 0.05) is 25.4 Å². The molecule has 0 fully saturated rings. The lowest BCUT2D eigenvalue weighted by atomic mass is 10.2. The predicted molar refractivity (Wildman–Crippen MR) is 72.0 cm³/mol. The van der Waals surface area contributed by atoms with Crippen molar-refractivity contribution < 1.29 is 9.90 Å². The Hall–Kier alpha value is -0.910. The van der Waals surface area contributed by atoms with E-state index in [2.05, 4.69) is 10.6 Å². The molecule has 0 aliphatic carbocycles. The van der Waals surface area contributed by atoms with Crippen molar-refractivity contribution in [2.24, 2.45) is 7.05 Å². The fourth-order valence-electron chi connectivity index (χ4n) is 1.47. The summed E-state index contributed by atoms with van der Waals surface area (Å²) >= 11 is 11.8. The molecule has 0 spiro atoms. The Morgan fingerprint density at radius 2 is 2.22 bits per heavy atom. The average molecular weight is 294 g/mol. The number of aliphatic hydroxyl groups excluding tert-OH is 1. The van der Waals surface area contributed by atoms with Gasteiger partial charge < -0.3 is 20.3 Å². The lowest BCUT2D eigenvalue weighted by molar-refractivity contribution is 0.230. The van der Waals surface area contributed by atoms with Gasteiger partial charge in [-0.2, -0.15) is 0 Å². The highest BCUT2D eigenvalue weighted by Gasteiger charge is 2.10. The van der Waals surface area contributed by atoms with Gasteiger partial charge in [-0.15, -0.1) is 0 Å². The van der Waals surface area contributed by atoms with E-state index in [-0.39, 0.29) is 18.7 Å². The predicted octanol–water partition coefficient (Wildman–Crippen LogP) is 1.90. The summed E-state index contributed by atoms with van der Waals surface area (Å²) in [5.74, 6) is 0. The summed E-state index contributed by atoms with van der Waals surface area (Å²) in [6.07, 6.45) is 0.523. The van der Waals surface area contributed by atoms with Crippen molar-refractivity contribution in [2.75, 3.05) is 6.61 Å². The average Bonchev–Trinajstić information content (AvgIpc) is 2.54. The molecule has 1 aromatic rings. The number of carbonyl (C=O) groups excluding carboxylic acids is 1. The highest BCUT2D eigenvalue weighted by molar-refractivity contribution is 6.41. The lowest BCUT2D eigenvalue weighted by Gasteiger charge is -2.13. The monoisotopic (exact) mass is 293 g/mol. The van der Waals surface area contributed by atoms with E-state index < -0.39 is 0 Å². The maximum atomic E-state index is 11.5. The summed E-state index contributed by atoms with van der Waals surface area (Å²) in [5, 5.41) is 15.0. The molecule has 7 heteroatoms. The number of hydrogen-bond acceptors (Lipinski definition) is 2. The molecule has 0 aromatic carbocycles. The van der Waals surface area contributed by atoms with E-state index in [0.29, 0.717) is 23.1 Å². The van der Waals surface area contributed by atoms with E-state index in [4.69, 9.17) is 28.3 Å². The molecule has 0 unspecified atom stereocenters. The van der Waals surface area contributed by atoms with E-state index in [9.17, 15) is 4.79 Å². The molecule has 1 atom stereocenters. The molecule has 18 heavy (non-hydrogen) atoms. The molecular formula is C11H17Cl2N3O2. The third-order valence-corrected chi connectivity index (χ3v) is 3.43. The molecule has 1 heterocycles. The number of hydrogen-bond donors (Lipinski definition) is 3. The topological polar surface area (TPSA) is 66.3 Å². The van der Waals surface area contributed by atoms with Crippen molar-refractivity contribution >= 4 is 29.2 Å². The minimum Gasteiger partial charge on any atom is -0.396 e. The number of amides is 2. The van der Waals surface area contributed by atoms with Gasteiger partial charge in [0.2, 0.25) is 0 Å². The largest absolute Gasteiger partial charge is 0.396 e. The van der Waals surface area contributed by atoms with Crippen LogP contribution < -0.4 is 10.6 Å². The molecule has 3 N–H and O–H groups in total. The molecule has 0 saturated heterocycles. The van der Waals surface area contributed by atoms with Crippen LogP contribution in [0.3, 0.4) is 0 Å². The van der Waals surface area contributed by atoms with Gasteiger partial charge in [0.25, 0.3) is 0 Å². The first-order valence-corrected chi connectivity index (χ1v) is 6.36. The van der Waals surface area contributed by atoms with Crippen molar-refractivity contribution in [3.05, 3.63) is 21.9 Å². The Morgan fingerprint density at radius 3 is 2.72 bits per heavy atom. The molecule has 0 aliphatic heterocycles. The van der Waals surface area contributed by atoms with Crippen LogP contribution in [-0.2, 0) is 13.6 Å². The number of nitrogens with zero attached hydrogens (tertiary/aromatic N) is 1. The van der Waals surface area contributed by atoms with Crippen molar-refractivity contribution in [1.82, 2.24) is 15.2 Å². The SMILES string of the molecule is C[C@H](CCO)NC(=O)NCc1cc(Cl)c(Cl)n1C. The Labute approximate surface area is 116 Å². The lowest BCUT2D eigenvalue weighted by Crippen LogP contribution is -2.41. The summed E-state index contributed by atoms with van der Waals surface area (Å²) in [7, 11) is 1.78. The van der Waals surface area contributed by atoms with Crippen molar-refractivity contribution in [3.8, 4) is 0 Å². The van der Waals surface area contributed by atoms with E-state index in [1.165, 1.54) is 0 Å². The quantitative estimate of drug-likeness (QED) is 0.776. The maximum Gasteiger partial charge on any atom is 0.315 e. The zero-order chi connectivity index (χ0) is 13.7. The third kappa shape index (κ3) is 4.08. The van der Waals surface area contributed by atoms with E-state index in [1.54, 1.807) is 17.7 Å². The van der Waals surface area contributed by atoms with Crippen molar-refractivity contribution in [3.63, 3.8) is 0 Å². The number of carbonyl (C=O) groups is 1. The van der Waals surface area contributed by atoms with Gasteiger partial charge >= 0.3 is 6.03 Å². The molecule has 1 aromatic heterocycles. The Morgan fingerprint density at radius 1 is 1.56 bits per heavy atom. The zero-order valence-corrected chi connectivity index (χ0v) is 11.8. The molecule has 1 rings (SSSR count). The molecule has 5 nitrogen and oxygen atoms in total. The first kappa shape index (κ1) is 15.1. The van der Waals surface area contributed by atoms with Gasteiger partial charge in [-0.25, -0.2) is 4.79 Å². The van der Waals surface area contributed by atoms with Gasteiger partial charge in [0.1, 0.15) is 5.15 Å².